The molecule has 0 aromatic heterocycles. The molecule has 1 unspecified atom stereocenters. The summed E-state index contributed by atoms with van der Waals surface area (Å²) in [5.74, 6) is 1.79. The molecule has 1 aromatic rings. The molecule has 2 amide bonds. The van der Waals surface area contributed by atoms with Crippen LogP contribution in [0.5, 0.6) is 0 Å². The molecule has 6 nitrogen and oxygen atoms in total. The van der Waals surface area contributed by atoms with E-state index in [2.05, 4.69) is 46.3 Å². The van der Waals surface area contributed by atoms with Crippen LogP contribution in [-0.4, -0.2) is 78.6 Å². The minimum atomic E-state index is -0.271. The van der Waals surface area contributed by atoms with Crippen molar-refractivity contribution in [1.29, 1.82) is 0 Å². The molecule has 31 heavy (non-hydrogen) atoms. The summed E-state index contributed by atoms with van der Waals surface area (Å²) in [5.41, 5.74) is 2.64. The minimum absolute atomic E-state index is 0.0319. The first-order chi connectivity index (χ1) is 15.1. The maximum atomic E-state index is 12.6. The van der Waals surface area contributed by atoms with Crippen LogP contribution < -0.4 is 10.2 Å². The third-order valence-corrected chi connectivity index (χ3v) is 7.87. The Morgan fingerprint density at radius 2 is 1.94 bits per heavy atom. The molecule has 1 aromatic carbocycles. The summed E-state index contributed by atoms with van der Waals surface area (Å²) < 4.78 is 0. The lowest BCUT2D eigenvalue weighted by molar-refractivity contribution is -0.143. The second-order valence-electron chi connectivity index (χ2n) is 9.12. The van der Waals surface area contributed by atoms with Gasteiger partial charge in [0, 0.05) is 50.1 Å². The molecular weight excluding hydrogens is 408 g/mol. The standard InChI is InChI=1S/C24H36N4O2S/c1-19-6-4-9-21(16-19)27-14-12-26(13-15-27)11-3-2-10-25-23(29)22-17-31-18-28(22)24(30)20-7-5-8-20/h4,6,9,16,20,22H,2-3,5,7-8,10-15,17-18H2,1H3,(H,25,29). The molecule has 7 heteroatoms. The SMILES string of the molecule is Cc1cccc(N2CCN(CCCCNC(=O)C3CSCN3C(=O)C3CCC3)CC2)c1. The summed E-state index contributed by atoms with van der Waals surface area (Å²) in [7, 11) is 0. The van der Waals surface area contributed by atoms with E-state index < -0.39 is 0 Å². The molecule has 4 rings (SSSR count). The van der Waals surface area contributed by atoms with Gasteiger partial charge in [-0.05, 0) is 56.8 Å². The maximum Gasteiger partial charge on any atom is 0.243 e. The van der Waals surface area contributed by atoms with Crippen molar-refractivity contribution in [1.82, 2.24) is 15.1 Å². The van der Waals surface area contributed by atoms with Gasteiger partial charge in [0.25, 0.3) is 0 Å². The molecular formula is C24H36N4O2S. The molecule has 1 aliphatic carbocycles. The summed E-state index contributed by atoms with van der Waals surface area (Å²) in [6.07, 6.45) is 5.21. The number of piperazine rings is 1. The molecule has 170 valence electrons. The molecule has 0 radical (unpaired) electrons. The van der Waals surface area contributed by atoms with E-state index in [0.717, 1.165) is 70.6 Å². The summed E-state index contributed by atoms with van der Waals surface area (Å²) in [4.78, 5) is 32.0. The van der Waals surface area contributed by atoms with Crippen molar-refractivity contribution in [2.24, 2.45) is 5.92 Å². The van der Waals surface area contributed by atoms with Gasteiger partial charge in [-0.2, -0.15) is 0 Å². The molecule has 1 N–H and O–H groups in total. The minimum Gasteiger partial charge on any atom is -0.369 e. The van der Waals surface area contributed by atoms with Crippen LogP contribution in [-0.2, 0) is 9.59 Å². The summed E-state index contributed by atoms with van der Waals surface area (Å²) in [5, 5.41) is 3.08. The number of hydrogen-bond acceptors (Lipinski definition) is 5. The Labute approximate surface area is 190 Å². The fourth-order valence-electron chi connectivity index (χ4n) is 4.61. The third-order valence-electron chi connectivity index (χ3n) is 6.86. The molecule has 3 fully saturated rings. The van der Waals surface area contributed by atoms with E-state index in [1.165, 1.54) is 11.3 Å². The Hall–Kier alpha value is -1.73. The number of carbonyl (C=O) groups is 2. The van der Waals surface area contributed by atoms with Crippen molar-refractivity contribution < 1.29 is 9.59 Å². The van der Waals surface area contributed by atoms with E-state index in [-0.39, 0.29) is 23.8 Å². The van der Waals surface area contributed by atoms with Crippen LogP contribution >= 0.6 is 11.8 Å². The number of anilines is 1. The number of nitrogens with zero attached hydrogens (tertiary/aromatic N) is 3. The van der Waals surface area contributed by atoms with Gasteiger partial charge in [0.2, 0.25) is 11.8 Å². The highest BCUT2D eigenvalue weighted by atomic mass is 32.2. The van der Waals surface area contributed by atoms with Crippen LogP contribution in [0.1, 0.15) is 37.7 Å². The van der Waals surface area contributed by atoms with Gasteiger partial charge in [-0.25, -0.2) is 0 Å². The molecule has 0 spiro atoms. The molecule has 1 saturated carbocycles. The third kappa shape index (κ3) is 5.75. The number of benzene rings is 1. The Morgan fingerprint density at radius 1 is 1.13 bits per heavy atom. The quantitative estimate of drug-likeness (QED) is 0.625. The van der Waals surface area contributed by atoms with E-state index >= 15 is 0 Å². The van der Waals surface area contributed by atoms with Gasteiger partial charge < -0.3 is 15.1 Å². The fourth-order valence-corrected chi connectivity index (χ4v) is 5.77. The number of amides is 2. The van der Waals surface area contributed by atoms with Crippen LogP contribution in [0.15, 0.2) is 24.3 Å². The van der Waals surface area contributed by atoms with Crippen LogP contribution in [0, 0.1) is 12.8 Å². The predicted octanol–water partition coefficient (Wildman–Crippen LogP) is 2.72. The lowest BCUT2D eigenvalue weighted by atomic mass is 9.84. The molecule has 0 bridgehead atoms. The summed E-state index contributed by atoms with van der Waals surface area (Å²) in [6, 6.07) is 8.48. The predicted molar refractivity (Wildman–Crippen MR) is 127 cm³/mol. The molecule has 2 aliphatic heterocycles. The number of rotatable bonds is 8. The Balaban J connectivity index is 1.10. The Morgan fingerprint density at radius 3 is 2.65 bits per heavy atom. The number of unbranched alkanes of at least 4 members (excludes halogenated alkanes) is 1. The van der Waals surface area contributed by atoms with Crippen molar-refractivity contribution in [3.05, 3.63) is 29.8 Å². The van der Waals surface area contributed by atoms with Crippen LogP contribution in [0.3, 0.4) is 0 Å². The van der Waals surface area contributed by atoms with Gasteiger partial charge in [0.1, 0.15) is 6.04 Å². The first-order valence-electron chi connectivity index (χ1n) is 11.8. The first-order valence-corrected chi connectivity index (χ1v) is 13.0. The highest BCUT2D eigenvalue weighted by Gasteiger charge is 2.39. The van der Waals surface area contributed by atoms with E-state index in [0.29, 0.717) is 12.4 Å². The fraction of sp³-hybridized carbons (Fsp3) is 0.667. The Kier molecular flexibility index (Phi) is 7.77. The van der Waals surface area contributed by atoms with Crippen molar-refractivity contribution in [3.8, 4) is 0 Å². The van der Waals surface area contributed by atoms with Gasteiger partial charge in [-0.1, -0.05) is 18.6 Å². The Bertz CT molecular complexity index is 762. The van der Waals surface area contributed by atoms with Gasteiger partial charge >= 0.3 is 0 Å². The van der Waals surface area contributed by atoms with Crippen molar-refractivity contribution >= 4 is 29.3 Å². The van der Waals surface area contributed by atoms with Gasteiger partial charge in [-0.15, -0.1) is 11.8 Å². The number of aryl methyl sites for hydroxylation is 1. The van der Waals surface area contributed by atoms with Crippen LogP contribution in [0.25, 0.3) is 0 Å². The summed E-state index contributed by atoms with van der Waals surface area (Å²) in [6.45, 7) is 8.27. The molecule has 2 heterocycles. The van der Waals surface area contributed by atoms with Crippen molar-refractivity contribution in [2.45, 2.75) is 45.1 Å². The lowest BCUT2D eigenvalue weighted by Crippen LogP contribution is -2.50. The van der Waals surface area contributed by atoms with E-state index in [9.17, 15) is 9.59 Å². The lowest BCUT2D eigenvalue weighted by Gasteiger charge is -2.36. The first kappa shape index (κ1) is 22.5. The average molecular weight is 445 g/mol. The van der Waals surface area contributed by atoms with E-state index in [1.54, 1.807) is 11.8 Å². The number of hydrogen-bond donors (Lipinski definition) is 1. The van der Waals surface area contributed by atoms with Crippen molar-refractivity contribution in [3.63, 3.8) is 0 Å². The molecule has 1 atom stereocenters. The van der Waals surface area contributed by atoms with E-state index in [4.69, 9.17) is 0 Å². The van der Waals surface area contributed by atoms with Crippen LogP contribution in [0.2, 0.25) is 0 Å². The number of nitrogens with one attached hydrogen (secondary N) is 1. The zero-order valence-corrected chi connectivity index (χ0v) is 19.5. The second kappa shape index (κ2) is 10.7. The largest absolute Gasteiger partial charge is 0.369 e. The van der Waals surface area contributed by atoms with Gasteiger partial charge in [-0.3, -0.25) is 14.5 Å². The number of carbonyl (C=O) groups excluding carboxylic acids is 2. The zero-order chi connectivity index (χ0) is 21.6. The average Bonchev–Trinajstić information content (AvgIpc) is 3.23. The van der Waals surface area contributed by atoms with E-state index in [1.807, 2.05) is 4.90 Å². The maximum absolute atomic E-state index is 12.6. The molecule has 3 aliphatic rings. The number of thioether (sulfide) groups is 1. The van der Waals surface area contributed by atoms with Gasteiger partial charge in [0.05, 0.1) is 5.88 Å². The topological polar surface area (TPSA) is 55.9 Å². The molecule has 2 saturated heterocycles. The van der Waals surface area contributed by atoms with Crippen LogP contribution in [0.4, 0.5) is 5.69 Å². The summed E-state index contributed by atoms with van der Waals surface area (Å²) >= 11 is 1.69. The highest BCUT2D eigenvalue weighted by molar-refractivity contribution is 7.99. The zero-order valence-electron chi connectivity index (χ0n) is 18.7. The van der Waals surface area contributed by atoms with Gasteiger partial charge in [0.15, 0.2) is 0 Å². The smallest absolute Gasteiger partial charge is 0.243 e. The normalized spacial score (nSPS) is 22.4. The monoisotopic (exact) mass is 444 g/mol. The van der Waals surface area contributed by atoms with Crippen molar-refractivity contribution in [2.75, 3.05) is 55.8 Å². The second-order valence-corrected chi connectivity index (χ2v) is 10.1. The highest BCUT2D eigenvalue weighted by Crippen LogP contribution is 2.32.